The van der Waals surface area contributed by atoms with Crippen molar-refractivity contribution < 1.29 is 14.0 Å². The van der Waals surface area contributed by atoms with Gasteiger partial charge in [0.25, 0.3) is 0 Å². The largest absolute Gasteiger partial charge is 0.344 e. The molecule has 0 aliphatic rings. The second-order valence-electron chi connectivity index (χ2n) is 1.71. The first-order chi connectivity index (χ1) is 4.04. The van der Waals surface area contributed by atoms with Gasteiger partial charge in [-0.1, -0.05) is 0 Å². The highest BCUT2D eigenvalue weighted by molar-refractivity contribution is 7.53. The van der Waals surface area contributed by atoms with Crippen LogP contribution in [-0.4, -0.2) is 24.8 Å². The fourth-order valence-corrected chi connectivity index (χ4v) is 0.964. The number of rotatable bonds is 3. The van der Waals surface area contributed by atoms with Crippen LogP contribution in [0.25, 0.3) is 0 Å². The van der Waals surface area contributed by atoms with E-state index in [9.17, 15) is 4.57 Å². The molecule has 0 aliphatic heterocycles. The van der Waals surface area contributed by atoms with Crippen LogP contribution in [0.4, 0.5) is 0 Å². The highest BCUT2D eigenvalue weighted by Crippen LogP contribution is 2.44. The minimum Gasteiger partial charge on any atom is -0.323 e. The maximum atomic E-state index is 10.8. The van der Waals surface area contributed by atoms with Crippen LogP contribution in [-0.2, 0) is 9.09 Å². The van der Waals surface area contributed by atoms with E-state index < -0.39 is 13.4 Å². The summed E-state index contributed by atoms with van der Waals surface area (Å²) < 4.78 is 15.1. The molecule has 5 heteroatoms. The molecule has 0 bridgehead atoms. The molecule has 0 amide bonds. The van der Waals surface area contributed by atoms with E-state index in [1.165, 1.54) is 7.11 Å². The third kappa shape index (κ3) is 2.45. The molecular weight excluding hydrogens is 141 g/mol. The maximum Gasteiger partial charge on any atom is 0.344 e. The van der Waals surface area contributed by atoms with Gasteiger partial charge in [0.2, 0.25) is 0 Å². The molecule has 0 fully saturated rings. The molecule has 4 nitrogen and oxygen atoms in total. The van der Waals surface area contributed by atoms with Crippen LogP contribution < -0.4 is 5.32 Å². The van der Waals surface area contributed by atoms with Gasteiger partial charge in [-0.25, -0.2) is 0 Å². The van der Waals surface area contributed by atoms with Gasteiger partial charge in [0.15, 0.2) is 0 Å². The first kappa shape index (κ1) is 9.11. The molecular formula is C4H12NO3P. The predicted molar refractivity (Wildman–Crippen MR) is 35.4 cm³/mol. The van der Waals surface area contributed by atoms with E-state index in [4.69, 9.17) is 4.89 Å². The quantitative estimate of drug-likeness (QED) is 0.575. The van der Waals surface area contributed by atoms with Gasteiger partial charge in [-0.3, -0.25) is 4.57 Å². The highest BCUT2D eigenvalue weighted by Gasteiger charge is 2.24. The Morgan fingerprint density at radius 2 is 2.22 bits per heavy atom. The average molecular weight is 153 g/mol. The van der Waals surface area contributed by atoms with Crippen LogP contribution in [0.5, 0.6) is 0 Å². The Kier molecular flexibility index (Phi) is 3.36. The van der Waals surface area contributed by atoms with Crippen LogP contribution >= 0.6 is 7.60 Å². The summed E-state index contributed by atoms with van der Waals surface area (Å²) in [5.74, 6) is -0.498. The van der Waals surface area contributed by atoms with Crippen molar-refractivity contribution in [2.45, 2.75) is 12.7 Å². The van der Waals surface area contributed by atoms with Crippen LogP contribution in [0.1, 0.15) is 6.92 Å². The van der Waals surface area contributed by atoms with Gasteiger partial charge in [-0.2, -0.15) is 0 Å². The van der Waals surface area contributed by atoms with E-state index in [0.717, 1.165) is 0 Å². The number of hydrogen-bond donors (Lipinski definition) is 2. The Hall–Kier alpha value is 0.110. The van der Waals surface area contributed by atoms with Gasteiger partial charge in [0.05, 0.1) is 0 Å². The zero-order valence-corrected chi connectivity index (χ0v) is 6.68. The van der Waals surface area contributed by atoms with Crippen LogP contribution in [0.15, 0.2) is 0 Å². The predicted octanol–water partition coefficient (Wildman–Crippen LogP) is 0.384. The van der Waals surface area contributed by atoms with E-state index in [-0.39, 0.29) is 0 Å². The molecule has 0 aliphatic carbocycles. The Morgan fingerprint density at radius 3 is 2.33 bits per heavy atom. The molecule has 2 atom stereocenters. The number of nitrogens with one attached hydrogen (secondary N) is 1. The van der Waals surface area contributed by atoms with Crippen molar-refractivity contribution in [2.24, 2.45) is 0 Å². The van der Waals surface area contributed by atoms with E-state index in [1.807, 2.05) is 0 Å². The lowest BCUT2D eigenvalue weighted by atomic mass is 10.8. The molecule has 0 heterocycles. The van der Waals surface area contributed by atoms with Gasteiger partial charge in [-0.05, 0) is 14.0 Å². The SMILES string of the molecule is CNC(C)P(=O)(O)OC. The molecule has 0 radical (unpaired) electrons. The summed E-state index contributed by atoms with van der Waals surface area (Å²) >= 11 is 0. The molecule has 0 saturated carbocycles. The van der Waals surface area contributed by atoms with Crippen LogP contribution in [0, 0.1) is 0 Å². The molecule has 2 unspecified atom stereocenters. The molecule has 0 aromatic heterocycles. The van der Waals surface area contributed by atoms with Crippen molar-refractivity contribution in [3.05, 3.63) is 0 Å². The van der Waals surface area contributed by atoms with Gasteiger partial charge in [0, 0.05) is 7.11 Å². The zero-order valence-electron chi connectivity index (χ0n) is 5.79. The Bertz CT molecular complexity index is 127. The normalized spacial score (nSPS) is 20.9. The molecule has 0 aromatic rings. The second-order valence-corrected chi connectivity index (χ2v) is 3.98. The summed E-state index contributed by atoms with van der Waals surface area (Å²) in [4.78, 5) is 8.86. The van der Waals surface area contributed by atoms with Gasteiger partial charge in [-0.15, -0.1) is 0 Å². The lowest BCUT2D eigenvalue weighted by Gasteiger charge is -2.15. The summed E-state index contributed by atoms with van der Waals surface area (Å²) in [6.45, 7) is 1.59. The fraction of sp³-hybridized carbons (Fsp3) is 1.00. The Morgan fingerprint density at radius 1 is 1.78 bits per heavy atom. The lowest BCUT2D eigenvalue weighted by molar-refractivity contribution is 0.301. The van der Waals surface area contributed by atoms with Crippen molar-refractivity contribution in [3.63, 3.8) is 0 Å². The van der Waals surface area contributed by atoms with E-state index >= 15 is 0 Å². The Labute approximate surface area is 54.8 Å². The fourth-order valence-electron chi connectivity index (χ4n) is 0.321. The van der Waals surface area contributed by atoms with Crippen LogP contribution in [0.2, 0.25) is 0 Å². The maximum absolute atomic E-state index is 10.8. The van der Waals surface area contributed by atoms with Crippen molar-refractivity contribution in [1.82, 2.24) is 5.32 Å². The van der Waals surface area contributed by atoms with Gasteiger partial charge in [0.1, 0.15) is 5.78 Å². The van der Waals surface area contributed by atoms with Gasteiger partial charge >= 0.3 is 7.60 Å². The summed E-state index contributed by atoms with van der Waals surface area (Å²) in [6.07, 6.45) is 0. The highest BCUT2D eigenvalue weighted by atomic mass is 31.2. The van der Waals surface area contributed by atoms with Crippen molar-refractivity contribution in [1.29, 1.82) is 0 Å². The standard InChI is InChI=1S/C4H12NO3P/c1-4(5-2)9(6,7)8-3/h4-5H,1-3H3,(H,6,7). The third-order valence-electron chi connectivity index (χ3n) is 1.17. The minimum absolute atomic E-state index is 0.498. The Balaban J connectivity index is 3.98. The molecule has 0 rings (SSSR count). The summed E-state index contributed by atoms with van der Waals surface area (Å²) in [6, 6.07) is 0. The molecule has 56 valence electrons. The second kappa shape index (κ2) is 3.32. The first-order valence-corrected chi connectivity index (χ1v) is 4.24. The summed E-state index contributed by atoms with van der Waals surface area (Å²) in [7, 11) is -0.555. The van der Waals surface area contributed by atoms with Crippen molar-refractivity contribution in [3.8, 4) is 0 Å². The number of hydrogen-bond acceptors (Lipinski definition) is 3. The van der Waals surface area contributed by atoms with E-state index in [0.29, 0.717) is 0 Å². The third-order valence-corrected chi connectivity index (χ3v) is 2.93. The van der Waals surface area contributed by atoms with E-state index in [1.54, 1.807) is 14.0 Å². The molecule has 9 heavy (non-hydrogen) atoms. The molecule has 0 spiro atoms. The summed E-state index contributed by atoms with van der Waals surface area (Å²) in [5, 5.41) is 2.62. The smallest absolute Gasteiger partial charge is 0.323 e. The average Bonchev–Trinajstić information content (AvgIpc) is 1.86. The summed E-state index contributed by atoms with van der Waals surface area (Å²) in [5.41, 5.74) is 0. The minimum atomic E-state index is -3.38. The van der Waals surface area contributed by atoms with Gasteiger partial charge < -0.3 is 14.7 Å². The van der Waals surface area contributed by atoms with Crippen molar-refractivity contribution in [2.75, 3.05) is 14.2 Å². The molecule has 0 aromatic carbocycles. The first-order valence-electron chi connectivity index (χ1n) is 2.60. The molecule has 2 N–H and O–H groups in total. The monoisotopic (exact) mass is 153 g/mol. The van der Waals surface area contributed by atoms with E-state index in [2.05, 4.69) is 9.84 Å². The van der Waals surface area contributed by atoms with Crippen molar-refractivity contribution >= 4 is 7.60 Å². The van der Waals surface area contributed by atoms with Crippen LogP contribution in [0.3, 0.4) is 0 Å². The lowest BCUT2D eigenvalue weighted by Crippen LogP contribution is -2.21. The zero-order chi connectivity index (χ0) is 7.49. The topological polar surface area (TPSA) is 58.6 Å². The molecule has 0 saturated heterocycles.